The highest BCUT2D eigenvalue weighted by Crippen LogP contribution is 2.45. The van der Waals surface area contributed by atoms with Crippen molar-refractivity contribution in [1.29, 1.82) is 0 Å². The molecule has 30 heavy (non-hydrogen) atoms. The molecule has 1 aliphatic rings. The Kier molecular flexibility index (Phi) is 5.59. The van der Waals surface area contributed by atoms with Crippen molar-refractivity contribution in [2.75, 3.05) is 19.0 Å². The third-order valence-corrected chi connectivity index (χ3v) is 5.69. The average Bonchev–Trinajstić information content (AvgIpc) is 2.74. The number of carbonyl (C=O) groups excluding carboxylic acids is 1. The van der Waals surface area contributed by atoms with Crippen LogP contribution < -0.4 is 5.32 Å². The molecule has 0 amide bonds. The summed E-state index contributed by atoms with van der Waals surface area (Å²) in [6, 6.07) is 7.56. The number of nitrogens with zero attached hydrogens (tertiary/aromatic N) is 4. The number of ether oxygens (including phenoxy) is 1. The summed E-state index contributed by atoms with van der Waals surface area (Å²) in [5, 5.41) is 12.0. The summed E-state index contributed by atoms with van der Waals surface area (Å²) < 4.78 is 18.9. The summed E-state index contributed by atoms with van der Waals surface area (Å²) in [5.41, 5.74) is 1.27. The molecule has 0 spiro atoms. The van der Waals surface area contributed by atoms with Gasteiger partial charge in [0.25, 0.3) is 0 Å². The topological polar surface area (TPSA) is 89.9 Å². The molecule has 1 fully saturated rings. The van der Waals surface area contributed by atoms with Crippen molar-refractivity contribution < 1.29 is 13.9 Å². The molecule has 1 aliphatic carbocycles. The molecule has 9 heteroatoms. The predicted octanol–water partition coefficient (Wildman–Crippen LogP) is 4.05. The molecule has 1 aromatic carbocycles. The van der Waals surface area contributed by atoms with E-state index in [0.717, 1.165) is 25.0 Å². The first-order valence-corrected chi connectivity index (χ1v) is 9.83. The third-order valence-electron chi connectivity index (χ3n) is 5.38. The normalized spacial score (nSPS) is 14.6. The van der Waals surface area contributed by atoms with Crippen LogP contribution in [-0.2, 0) is 10.2 Å². The number of aromatic nitrogens is 4. The molecule has 0 bridgehead atoms. The van der Waals surface area contributed by atoms with Crippen molar-refractivity contribution in [2.45, 2.75) is 24.7 Å². The number of benzene rings is 1. The molecule has 0 radical (unpaired) electrons. The molecule has 1 saturated carbocycles. The van der Waals surface area contributed by atoms with Gasteiger partial charge < -0.3 is 10.1 Å². The number of pyridine rings is 1. The second kappa shape index (κ2) is 8.31. The van der Waals surface area contributed by atoms with Crippen LogP contribution >= 0.6 is 11.6 Å². The van der Waals surface area contributed by atoms with E-state index < -0.39 is 11.8 Å². The van der Waals surface area contributed by atoms with Gasteiger partial charge in [0.05, 0.1) is 29.6 Å². The minimum absolute atomic E-state index is 0.125. The van der Waals surface area contributed by atoms with E-state index in [1.807, 2.05) is 12.1 Å². The molecule has 7 nitrogen and oxygen atoms in total. The summed E-state index contributed by atoms with van der Waals surface area (Å²) in [6.07, 6.45) is 6.19. The van der Waals surface area contributed by atoms with Crippen molar-refractivity contribution in [3.05, 3.63) is 64.8 Å². The molecule has 2 heterocycles. The van der Waals surface area contributed by atoms with Gasteiger partial charge in [-0.25, -0.2) is 14.2 Å². The van der Waals surface area contributed by atoms with Gasteiger partial charge >= 0.3 is 5.97 Å². The van der Waals surface area contributed by atoms with Crippen molar-refractivity contribution in [1.82, 2.24) is 20.2 Å². The van der Waals surface area contributed by atoms with Gasteiger partial charge in [0.2, 0.25) is 5.95 Å². The van der Waals surface area contributed by atoms with Gasteiger partial charge in [-0.1, -0.05) is 18.0 Å². The van der Waals surface area contributed by atoms with Crippen molar-refractivity contribution in [3.63, 3.8) is 0 Å². The number of anilines is 1. The SMILES string of the molecule is COC(=O)c1ccc(F)c(-c2cnc(NCC3(c4ncccc4Cl)CCC3)nn2)c1. The first-order valence-electron chi connectivity index (χ1n) is 9.45. The highest BCUT2D eigenvalue weighted by Gasteiger charge is 2.41. The third kappa shape index (κ3) is 3.82. The first-order chi connectivity index (χ1) is 14.5. The number of carbonyl (C=O) groups is 1. The monoisotopic (exact) mass is 427 g/mol. The Morgan fingerprint density at radius 3 is 2.73 bits per heavy atom. The molecular formula is C21H19ClFN5O2. The number of nitrogens with one attached hydrogen (secondary N) is 1. The largest absolute Gasteiger partial charge is 0.465 e. The maximum absolute atomic E-state index is 14.2. The van der Waals surface area contributed by atoms with Crippen LogP contribution in [0.15, 0.2) is 42.7 Å². The molecule has 0 unspecified atom stereocenters. The lowest BCUT2D eigenvalue weighted by Gasteiger charge is -2.41. The summed E-state index contributed by atoms with van der Waals surface area (Å²) in [7, 11) is 1.26. The van der Waals surface area contributed by atoms with Crippen LogP contribution in [0.2, 0.25) is 5.02 Å². The van der Waals surface area contributed by atoms with Crippen LogP contribution in [0.4, 0.5) is 10.3 Å². The zero-order valence-corrected chi connectivity index (χ0v) is 17.0. The van der Waals surface area contributed by atoms with Crippen molar-refractivity contribution in [3.8, 4) is 11.3 Å². The maximum atomic E-state index is 14.2. The number of rotatable bonds is 6. The van der Waals surface area contributed by atoms with Gasteiger partial charge in [-0.05, 0) is 43.2 Å². The zero-order chi connectivity index (χ0) is 21.1. The smallest absolute Gasteiger partial charge is 0.337 e. The fourth-order valence-corrected chi connectivity index (χ4v) is 3.89. The van der Waals surface area contributed by atoms with Crippen LogP contribution in [0, 0.1) is 5.82 Å². The molecule has 3 aromatic rings. The van der Waals surface area contributed by atoms with Crippen LogP contribution in [0.1, 0.15) is 35.3 Å². The van der Waals surface area contributed by atoms with Gasteiger partial charge in [-0.2, -0.15) is 0 Å². The van der Waals surface area contributed by atoms with Gasteiger partial charge in [-0.3, -0.25) is 4.98 Å². The van der Waals surface area contributed by atoms with E-state index in [2.05, 4.69) is 30.2 Å². The van der Waals surface area contributed by atoms with E-state index in [9.17, 15) is 9.18 Å². The van der Waals surface area contributed by atoms with E-state index in [-0.39, 0.29) is 22.2 Å². The van der Waals surface area contributed by atoms with E-state index in [0.29, 0.717) is 17.5 Å². The van der Waals surface area contributed by atoms with Gasteiger partial charge in [0.15, 0.2) is 0 Å². The Morgan fingerprint density at radius 1 is 1.27 bits per heavy atom. The molecule has 154 valence electrons. The summed E-state index contributed by atoms with van der Waals surface area (Å²) in [4.78, 5) is 20.4. The van der Waals surface area contributed by atoms with Crippen molar-refractivity contribution >= 4 is 23.5 Å². The second-order valence-electron chi connectivity index (χ2n) is 7.17. The Labute approximate surface area is 177 Å². The van der Waals surface area contributed by atoms with Gasteiger partial charge in [0, 0.05) is 23.7 Å². The van der Waals surface area contributed by atoms with E-state index in [4.69, 9.17) is 11.6 Å². The number of hydrogen-bond acceptors (Lipinski definition) is 7. The first kappa shape index (κ1) is 20.2. The molecule has 0 atom stereocenters. The summed E-state index contributed by atoms with van der Waals surface area (Å²) in [6.45, 7) is 0.566. The number of halogens is 2. The number of hydrogen-bond donors (Lipinski definition) is 1. The summed E-state index contributed by atoms with van der Waals surface area (Å²) in [5.74, 6) is -0.770. The lowest BCUT2D eigenvalue weighted by Crippen LogP contribution is -2.42. The van der Waals surface area contributed by atoms with E-state index >= 15 is 0 Å². The standard InChI is InChI=1S/C21H19ClFN5O2/c1-30-19(29)13-5-6-16(23)14(10-13)17-11-25-20(28-27-17)26-12-21(7-3-8-21)18-15(22)4-2-9-24-18/h2,4-6,9-11H,3,7-8,12H2,1H3,(H,25,26,28). The minimum Gasteiger partial charge on any atom is -0.465 e. The second-order valence-corrected chi connectivity index (χ2v) is 7.58. The Hall–Kier alpha value is -3.13. The molecule has 2 aromatic heterocycles. The lowest BCUT2D eigenvalue weighted by atomic mass is 9.66. The van der Waals surface area contributed by atoms with Gasteiger partial charge in [0.1, 0.15) is 11.5 Å². The van der Waals surface area contributed by atoms with Crippen LogP contribution in [-0.4, -0.2) is 39.8 Å². The van der Waals surface area contributed by atoms with Gasteiger partial charge in [-0.15, -0.1) is 10.2 Å². The van der Waals surface area contributed by atoms with Crippen molar-refractivity contribution in [2.24, 2.45) is 0 Å². The minimum atomic E-state index is -0.561. The summed E-state index contributed by atoms with van der Waals surface area (Å²) >= 11 is 6.35. The molecule has 0 aliphatic heterocycles. The Bertz CT molecular complexity index is 1070. The maximum Gasteiger partial charge on any atom is 0.337 e. The van der Waals surface area contributed by atoms with E-state index in [1.54, 1.807) is 6.20 Å². The molecule has 4 rings (SSSR count). The highest BCUT2D eigenvalue weighted by atomic mass is 35.5. The predicted molar refractivity (Wildman–Crippen MR) is 110 cm³/mol. The fourth-order valence-electron chi connectivity index (χ4n) is 3.57. The number of esters is 1. The average molecular weight is 428 g/mol. The molecular weight excluding hydrogens is 409 g/mol. The van der Waals surface area contributed by atoms with Crippen LogP contribution in [0.3, 0.4) is 0 Å². The molecule has 0 saturated heterocycles. The van der Waals surface area contributed by atoms with Crippen LogP contribution in [0.25, 0.3) is 11.3 Å². The fraction of sp³-hybridized carbons (Fsp3) is 0.286. The Morgan fingerprint density at radius 2 is 2.10 bits per heavy atom. The quantitative estimate of drug-likeness (QED) is 0.593. The number of methoxy groups -OCH3 is 1. The van der Waals surface area contributed by atoms with E-state index in [1.165, 1.54) is 31.5 Å². The highest BCUT2D eigenvalue weighted by molar-refractivity contribution is 6.31. The lowest BCUT2D eigenvalue weighted by molar-refractivity contribution is 0.0600. The van der Waals surface area contributed by atoms with Crippen LogP contribution in [0.5, 0.6) is 0 Å². The zero-order valence-electron chi connectivity index (χ0n) is 16.2. The molecule has 1 N–H and O–H groups in total. The Balaban J connectivity index is 1.51.